The quantitative estimate of drug-likeness (QED) is 0.755. The molecule has 0 radical (unpaired) electrons. The monoisotopic (exact) mass is 248 g/mol. The fourth-order valence-corrected chi connectivity index (χ4v) is 1.42. The zero-order chi connectivity index (χ0) is 13.2. The number of amides is 1. The molecule has 0 bridgehead atoms. The first-order valence-corrected chi connectivity index (χ1v) is 5.64. The Hall–Kier alpha value is -2.08. The van der Waals surface area contributed by atoms with Crippen LogP contribution in [-0.4, -0.2) is 28.2 Å². The second kappa shape index (κ2) is 4.66. The fraction of sp³-hybridized carbons (Fsp3) is 0.333. The number of hydrogen-bond donors (Lipinski definition) is 3. The minimum atomic E-state index is -0.457. The van der Waals surface area contributed by atoms with E-state index < -0.39 is 5.54 Å². The summed E-state index contributed by atoms with van der Waals surface area (Å²) in [5.74, 6) is 0.374. The van der Waals surface area contributed by atoms with E-state index in [2.05, 4.69) is 15.5 Å². The number of aromatic amines is 1. The van der Waals surface area contributed by atoms with Gasteiger partial charge in [0.2, 0.25) is 0 Å². The van der Waals surface area contributed by atoms with Crippen molar-refractivity contribution in [1.82, 2.24) is 15.5 Å². The van der Waals surface area contributed by atoms with Gasteiger partial charge < -0.3 is 15.5 Å². The van der Waals surface area contributed by atoms with E-state index in [1.54, 1.807) is 24.5 Å². The Bertz CT molecular complexity index is 528. The number of rotatable bonds is 4. The maximum absolute atomic E-state index is 11.9. The van der Waals surface area contributed by atoms with Crippen LogP contribution in [0, 0.1) is 0 Å². The molecule has 2 aromatic rings. The number of carbonyl (C=O) groups is 1. The van der Waals surface area contributed by atoms with E-state index in [1.165, 1.54) is 0 Å². The molecule has 2 rings (SSSR count). The summed E-state index contributed by atoms with van der Waals surface area (Å²) in [5.41, 5.74) is 6.07. The van der Waals surface area contributed by atoms with Crippen LogP contribution >= 0.6 is 0 Å². The van der Waals surface area contributed by atoms with Crippen LogP contribution in [0.15, 0.2) is 28.9 Å². The number of furan rings is 1. The summed E-state index contributed by atoms with van der Waals surface area (Å²) in [6.07, 6.45) is 1.56. The Balaban J connectivity index is 2.13. The van der Waals surface area contributed by atoms with Crippen molar-refractivity contribution >= 4 is 5.91 Å². The van der Waals surface area contributed by atoms with Gasteiger partial charge in [0.1, 0.15) is 5.69 Å². The number of aromatic nitrogens is 2. The smallest absolute Gasteiger partial charge is 0.272 e. The zero-order valence-electron chi connectivity index (χ0n) is 10.4. The highest BCUT2D eigenvalue weighted by Crippen LogP contribution is 2.17. The minimum Gasteiger partial charge on any atom is -0.463 e. The summed E-state index contributed by atoms with van der Waals surface area (Å²) in [5, 5.41) is 9.51. The Morgan fingerprint density at radius 2 is 2.39 bits per heavy atom. The number of nitrogens with zero attached hydrogens (tertiary/aromatic N) is 1. The molecule has 18 heavy (non-hydrogen) atoms. The number of nitrogens with two attached hydrogens (primary N) is 1. The fourth-order valence-electron chi connectivity index (χ4n) is 1.42. The van der Waals surface area contributed by atoms with Crippen molar-refractivity contribution in [1.29, 1.82) is 0 Å². The zero-order valence-corrected chi connectivity index (χ0v) is 10.4. The first-order chi connectivity index (χ1) is 8.52. The highest BCUT2D eigenvalue weighted by Gasteiger charge is 2.21. The molecule has 1 amide bonds. The molecule has 0 aliphatic heterocycles. The molecule has 6 nitrogen and oxygen atoms in total. The van der Waals surface area contributed by atoms with Crippen LogP contribution < -0.4 is 11.1 Å². The number of hydrogen-bond acceptors (Lipinski definition) is 4. The Labute approximate surface area is 105 Å². The van der Waals surface area contributed by atoms with Gasteiger partial charge >= 0.3 is 0 Å². The molecule has 0 unspecified atom stereocenters. The predicted molar refractivity (Wildman–Crippen MR) is 66.9 cm³/mol. The maximum atomic E-state index is 11.9. The van der Waals surface area contributed by atoms with E-state index in [-0.39, 0.29) is 5.91 Å². The summed E-state index contributed by atoms with van der Waals surface area (Å²) in [6.45, 7) is 4.06. The van der Waals surface area contributed by atoms with Crippen LogP contribution in [0.3, 0.4) is 0 Å². The minimum absolute atomic E-state index is 0.264. The van der Waals surface area contributed by atoms with E-state index in [1.807, 2.05) is 13.8 Å². The lowest BCUT2D eigenvalue weighted by Gasteiger charge is -2.23. The molecule has 0 aliphatic carbocycles. The van der Waals surface area contributed by atoms with Gasteiger partial charge in [-0.25, -0.2) is 0 Å². The average molecular weight is 248 g/mol. The van der Waals surface area contributed by atoms with E-state index in [0.29, 0.717) is 23.7 Å². The van der Waals surface area contributed by atoms with Gasteiger partial charge in [-0.2, -0.15) is 5.10 Å². The van der Waals surface area contributed by atoms with Crippen molar-refractivity contribution in [3.63, 3.8) is 0 Å². The topological polar surface area (TPSA) is 96.9 Å². The third-order valence-electron chi connectivity index (χ3n) is 2.56. The van der Waals surface area contributed by atoms with Gasteiger partial charge in [0.15, 0.2) is 11.5 Å². The Morgan fingerprint density at radius 3 is 3.00 bits per heavy atom. The number of H-pyrrole nitrogens is 1. The van der Waals surface area contributed by atoms with Crippen LogP contribution in [0.2, 0.25) is 0 Å². The van der Waals surface area contributed by atoms with Crippen LogP contribution in [0.25, 0.3) is 11.5 Å². The first-order valence-electron chi connectivity index (χ1n) is 5.64. The van der Waals surface area contributed by atoms with Crippen molar-refractivity contribution in [3.05, 3.63) is 30.2 Å². The molecule has 0 aromatic carbocycles. The standard InChI is InChI=1S/C12H16N4O2/c1-12(2,7-13)14-11(17)9-6-8(15-16-9)10-4-3-5-18-10/h3-6H,7,13H2,1-2H3,(H,14,17)(H,15,16). The molecular weight excluding hydrogens is 232 g/mol. The van der Waals surface area contributed by atoms with Gasteiger partial charge in [0.25, 0.3) is 5.91 Å². The van der Waals surface area contributed by atoms with Gasteiger partial charge in [-0.05, 0) is 26.0 Å². The third-order valence-corrected chi connectivity index (χ3v) is 2.56. The normalized spacial score (nSPS) is 11.5. The van der Waals surface area contributed by atoms with Crippen molar-refractivity contribution in [2.24, 2.45) is 5.73 Å². The molecule has 0 aliphatic rings. The average Bonchev–Trinajstić information content (AvgIpc) is 2.99. The van der Waals surface area contributed by atoms with Gasteiger partial charge in [-0.3, -0.25) is 9.89 Å². The van der Waals surface area contributed by atoms with E-state index in [9.17, 15) is 4.79 Å². The third kappa shape index (κ3) is 2.60. The first kappa shape index (κ1) is 12.4. The molecule has 2 heterocycles. The molecule has 96 valence electrons. The van der Waals surface area contributed by atoms with Crippen LogP contribution in [-0.2, 0) is 0 Å². The lowest BCUT2D eigenvalue weighted by molar-refractivity contribution is 0.0910. The molecule has 0 fully saturated rings. The SMILES string of the molecule is CC(C)(CN)NC(=O)c1cc(-c2ccco2)[nH]n1. The molecule has 0 spiro atoms. The number of carbonyl (C=O) groups excluding carboxylic acids is 1. The lowest BCUT2D eigenvalue weighted by Crippen LogP contribution is -2.48. The molecule has 0 saturated carbocycles. The summed E-state index contributed by atoms with van der Waals surface area (Å²) >= 11 is 0. The van der Waals surface area contributed by atoms with Crippen molar-refractivity contribution in [2.45, 2.75) is 19.4 Å². The molecule has 2 aromatic heterocycles. The summed E-state index contributed by atoms with van der Waals surface area (Å²) in [4.78, 5) is 11.9. The lowest BCUT2D eigenvalue weighted by atomic mass is 10.1. The van der Waals surface area contributed by atoms with Crippen LogP contribution in [0.4, 0.5) is 0 Å². The number of nitrogens with one attached hydrogen (secondary N) is 2. The van der Waals surface area contributed by atoms with Crippen LogP contribution in [0.1, 0.15) is 24.3 Å². The summed E-state index contributed by atoms with van der Waals surface area (Å²) in [7, 11) is 0. The predicted octanol–water partition coefficient (Wildman–Crippen LogP) is 1.14. The highest BCUT2D eigenvalue weighted by molar-refractivity contribution is 5.93. The van der Waals surface area contributed by atoms with Crippen LogP contribution in [0.5, 0.6) is 0 Å². The Kier molecular flexibility index (Phi) is 3.20. The van der Waals surface area contributed by atoms with E-state index in [4.69, 9.17) is 10.2 Å². The van der Waals surface area contributed by atoms with Crippen molar-refractivity contribution in [2.75, 3.05) is 6.54 Å². The molecule has 0 atom stereocenters. The second-order valence-electron chi connectivity index (χ2n) is 4.69. The maximum Gasteiger partial charge on any atom is 0.272 e. The Morgan fingerprint density at radius 1 is 1.61 bits per heavy atom. The van der Waals surface area contributed by atoms with Gasteiger partial charge in [-0.15, -0.1) is 0 Å². The van der Waals surface area contributed by atoms with Gasteiger partial charge in [-0.1, -0.05) is 0 Å². The summed E-state index contributed by atoms with van der Waals surface area (Å²) < 4.78 is 5.21. The highest BCUT2D eigenvalue weighted by atomic mass is 16.3. The summed E-state index contributed by atoms with van der Waals surface area (Å²) in [6, 6.07) is 5.20. The van der Waals surface area contributed by atoms with Gasteiger partial charge in [0, 0.05) is 18.2 Å². The second-order valence-corrected chi connectivity index (χ2v) is 4.69. The van der Waals surface area contributed by atoms with Crippen molar-refractivity contribution < 1.29 is 9.21 Å². The van der Waals surface area contributed by atoms with Gasteiger partial charge in [0.05, 0.1) is 6.26 Å². The molecular formula is C12H16N4O2. The molecule has 4 N–H and O–H groups in total. The van der Waals surface area contributed by atoms with Crippen molar-refractivity contribution in [3.8, 4) is 11.5 Å². The molecule has 0 saturated heterocycles. The largest absolute Gasteiger partial charge is 0.463 e. The van der Waals surface area contributed by atoms with E-state index in [0.717, 1.165) is 0 Å². The molecule has 6 heteroatoms. The van der Waals surface area contributed by atoms with E-state index >= 15 is 0 Å².